The van der Waals surface area contributed by atoms with Crippen LogP contribution in [0.1, 0.15) is 0 Å². The van der Waals surface area contributed by atoms with Crippen LogP contribution in [-0.4, -0.2) is 19.9 Å². The first-order chi connectivity index (χ1) is 19.4. The molecule has 4 nitrogen and oxygen atoms in total. The highest BCUT2D eigenvalue weighted by Gasteiger charge is 2.21. The SMILES string of the molecule is Brc1ccc2c(c1)[nH]c1c2c2[nH]c3cc(Br)ccc3c2c2[nH]c3cc(Br)ccc3c12.Brc1ccc2cc[nH]c2c1.S. The Labute approximate surface area is 274 Å². The summed E-state index contributed by atoms with van der Waals surface area (Å²) in [6.07, 6.45) is 1.94. The Balaban J connectivity index is 0.000000213. The Hall–Kier alpha value is -2.69. The van der Waals surface area contributed by atoms with E-state index in [1.807, 2.05) is 12.3 Å². The highest BCUT2D eigenvalue weighted by Crippen LogP contribution is 2.45. The van der Waals surface area contributed by atoms with Crippen LogP contribution in [0.4, 0.5) is 0 Å². The molecule has 9 rings (SSSR count). The van der Waals surface area contributed by atoms with E-state index in [0.717, 1.165) is 51.0 Å². The summed E-state index contributed by atoms with van der Waals surface area (Å²) in [6, 6.07) is 27.6. The molecule has 4 N–H and O–H groups in total. The second kappa shape index (κ2) is 10.2. The zero-order valence-electron chi connectivity index (χ0n) is 21.1. The van der Waals surface area contributed by atoms with Crippen LogP contribution in [0.2, 0.25) is 0 Å². The molecule has 9 heteroatoms. The van der Waals surface area contributed by atoms with E-state index < -0.39 is 0 Å². The van der Waals surface area contributed by atoms with Crippen molar-refractivity contribution in [2.24, 2.45) is 0 Å². The van der Waals surface area contributed by atoms with Gasteiger partial charge in [-0.2, -0.15) is 13.5 Å². The van der Waals surface area contributed by atoms with Gasteiger partial charge < -0.3 is 19.9 Å². The van der Waals surface area contributed by atoms with Crippen molar-refractivity contribution in [3.8, 4) is 0 Å². The summed E-state index contributed by atoms with van der Waals surface area (Å²) in [6.45, 7) is 0. The first-order valence-corrected chi connectivity index (χ1v) is 15.8. The number of nitrogens with one attached hydrogen (secondary N) is 4. The number of fused-ring (bicyclic) bond motifs is 13. The zero-order valence-corrected chi connectivity index (χ0v) is 28.4. The lowest BCUT2D eigenvalue weighted by Gasteiger charge is -2.01. The van der Waals surface area contributed by atoms with Crippen molar-refractivity contribution < 1.29 is 0 Å². The third-order valence-electron chi connectivity index (χ3n) is 7.55. The van der Waals surface area contributed by atoms with Crippen molar-refractivity contribution in [1.82, 2.24) is 19.9 Å². The molecule has 0 bridgehead atoms. The van der Waals surface area contributed by atoms with Gasteiger partial charge in [-0.1, -0.05) is 88.0 Å². The molecule has 0 aliphatic carbocycles. The molecule has 0 aliphatic heterocycles. The largest absolute Gasteiger partial charge is 0.361 e. The maximum absolute atomic E-state index is 3.71. The number of benzene rings is 5. The van der Waals surface area contributed by atoms with Gasteiger partial charge in [0.2, 0.25) is 0 Å². The van der Waals surface area contributed by atoms with Gasteiger partial charge in [0, 0.05) is 78.5 Å². The normalized spacial score (nSPS) is 11.7. The molecule has 0 unspecified atom stereocenters. The van der Waals surface area contributed by atoms with E-state index >= 15 is 0 Å². The predicted octanol–water partition coefficient (Wildman–Crippen LogP) is 11.9. The standard InChI is InChI=1S/C24H12Br3N3.C8H6BrN.H2S/c25-10-1-4-13-16(7-10)28-22-19(13)23-21(14-5-2-11(26)8-17(14)29-23)24-20(22)15-6-3-12(27)9-18(15)30-24;9-7-2-1-6-3-4-10-8(6)5-7;/h1-9,28-30H;1-5,10H;1H2. The van der Waals surface area contributed by atoms with Crippen molar-refractivity contribution in [2.45, 2.75) is 0 Å². The lowest BCUT2D eigenvalue weighted by molar-refractivity contribution is 1.47. The lowest BCUT2D eigenvalue weighted by Crippen LogP contribution is -1.77. The van der Waals surface area contributed by atoms with Gasteiger partial charge >= 0.3 is 0 Å². The predicted molar refractivity (Wildman–Crippen MR) is 194 cm³/mol. The molecule has 0 spiro atoms. The maximum Gasteiger partial charge on any atom is 0.0588 e. The average molecular weight is 812 g/mol. The quantitative estimate of drug-likeness (QED) is 0.118. The summed E-state index contributed by atoms with van der Waals surface area (Å²) in [5.41, 5.74) is 8.02. The molecule has 0 aliphatic rings. The number of halogens is 4. The van der Waals surface area contributed by atoms with Gasteiger partial charge in [0.15, 0.2) is 0 Å². The number of H-pyrrole nitrogens is 4. The van der Waals surface area contributed by atoms with E-state index in [1.165, 1.54) is 43.2 Å². The molecule has 0 fully saturated rings. The summed E-state index contributed by atoms with van der Waals surface area (Å²) in [5, 5.41) is 8.61. The first-order valence-electron chi connectivity index (χ1n) is 12.6. The first kappa shape index (κ1) is 27.2. The molecule has 0 saturated carbocycles. The summed E-state index contributed by atoms with van der Waals surface area (Å²) >= 11 is 14.3. The Morgan fingerprint density at radius 1 is 0.415 bits per heavy atom. The van der Waals surface area contributed by atoms with Crippen LogP contribution in [0.5, 0.6) is 0 Å². The molecular weight excluding hydrogens is 792 g/mol. The highest BCUT2D eigenvalue weighted by molar-refractivity contribution is 9.11. The summed E-state index contributed by atoms with van der Waals surface area (Å²) in [5.74, 6) is 0. The second-order valence-corrected chi connectivity index (χ2v) is 13.6. The van der Waals surface area contributed by atoms with E-state index in [9.17, 15) is 0 Å². The van der Waals surface area contributed by atoms with Gasteiger partial charge in [-0.3, -0.25) is 0 Å². The molecule has 41 heavy (non-hydrogen) atoms. The summed E-state index contributed by atoms with van der Waals surface area (Å²) in [7, 11) is 0. The number of aromatic nitrogens is 4. The Kier molecular flexibility index (Phi) is 6.78. The van der Waals surface area contributed by atoms with E-state index in [-0.39, 0.29) is 13.5 Å². The summed E-state index contributed by atoms with van der Waals surface area (Å²) in [4.78, 5) is 14.3. The van der Waals surface area contributed by atoms with Gasteiger partial charge in [0.1, 0.15) is 0 Å². The molecule has 0 saturated heterocycles. The third-order valence-corrected chi connectivity index (χ3v) is 9.52. The maximum atomic E-state index is 3.71. The summed E-state index contributed by atoms with van der Waals surface area (Å²) < 4.78 is 4.31. The molecule has 0 radical (unpaired) electrons. The third kappa shape index (κ3) is 4.36. The van der Waals surface area contributed by atoms with Crippen LogP contribution >= 0.6 is 77.2 Å². The van der Waals surface area contributed by atoms with Crippen LogP contribution in [0.3, 0.4) is 0 Å². The van der Waals surface area contributed by atoms with Crippen LogP contribution in [0.15, 0.2) is 103 Å². The molecule has 4 aromatic heterocycles. The second-order valence-electron chi connectivity index (χ2n) is 9.90. The molecular formula is C32H20Br4N4S. The van der Waals surface area contributed by atoms with Crippen molar-refractivity contribution in [3.05, 3.63) is 103 Å². The van der Waals surface area contributed by atoms with Crippen molar-refractivity contribution in [1.29, 1.82) is 0 Å². The highest BCUT2D eigenvalue weighted by atomic mass is 79.9. The number of aromatic amines is 4. The fourth-order valence-electron chi connectivity index (χ4n) is 5.87. The van der Waals surface area contributed by atoms with E-state index in [2.05, 4.69) is 156 Å². The smallest absolute Gasteiger partial charge is 0.0588 e. The minimum atomic E-state index is 0. The van der Waals surface area contributed by atoms with Crippen molar-refractivity contribution in [3.63, 3.8) is 0 Å². The van der Waals surface area contributed by atoms with Gasteiger partial charge in [0.25, 0.3) is 0 Å². The molecule has 5 aromatic carbocycles. The minimum absolute atomic E-state index is 0. The van der Waals surface area contributed by atoms with Gasteiger partial charge in [-0.15, -0.1) is 0 Å². The minimum Gasteiger partial charge on any atom is -0.361 e. The molecule has 0 amide bonds. The van der Waals surface area contributed by atoms with E-state index in [4.69, 9.17) is 0 Å². The van der Waals surface area contributed by atoms with Crippen LogP contribution in [0.25, 0.3) is 76.3 Å². The number of hydrogen-bond donors (Lipinski definition) is 4. The number of hydrogen-bond acceptors (Lipinski definition) is 0. The van der Waals surface area contributed by atoms with Gasteiger partial charge in [0.05, 0.1) is 16.6 Å². The van der Waals surface area contributed by atoms with Crippen LogP contribution < -0.4 is 0 Å². The zero-order chi connectivity index (χ0) is 27.1. The van der Waals surface area contributed by atoms with Crippen molar-refractivity contribution >= 4 is 154 Å². The topological polar surface area (TPSA) is 63.2 Å². The van der Waals surface area contributed by atoms with Crippen LogP contribution in [-0.2, 0) is 0 Å². The number of rotatable bonds is 0. The van der Waals surface area contributed by atoms with E-state index in [0.29, 0.717) is 0 Å². The fraction of sp³-hybridized carbons (Fsp3) is 0. The van der Waals surface area contributed by atoms with Gasteiger partial charge in [-0.05, 0) is 60.0 Å². The fourth-order valence-corrected chi connectivity index (χ4v) is 7.32. The van der Waals surface area contributed by atoms with Gasteiger partial charge in [-0.25, -0.2) is 0 Å². The molecule has 9 aromatic rings. The molecule has 0 atom stereocenters. The Morgan fingerprint density at radius 3 is 1.20 bits per heavy atom. The molecule has 4 heterocycles. The lowest BCUT2D eigenvalue weighted by atomic mass is 10.0. The Bertz CT molecular complexity index is 2200. The average Bonchev–Trinajstić information content (AvgIpc) is 3.69. The monoisotopic (exact) mass is 808 g/mol. The molecule has 202 valence electrons. The van der Waals surface area contributed by atoms with E-state index in [1.54, 1.807) is 0 Å². The van der Waals surface area contributed by atoms with Crippen LogP contribution in [0, 0.1) is 0 Å². The Morgan fingerprint density at radius 2 is 0.780 bits per heavy atom. The van der Waals surface area contributed by atoms with Crippen molar-refractivity contribution in [2.75, 3.05) is 0 Å².